The van der Waals surface area contributed by atoms with E-state index in [2.05, 4.69) is 41.5 Å². The first kappa shape index (κ1) is 12.6. The van der Waals surface area contributed by atoms with E-state index in [1.165, 1.54) is 0 Å². The van der Waals surface area contributed by atoms with Gasteiger partial charge in [0.05, 0.1) is 0 Å². The summed E-state index contributed by atoms with van der Waals surface area (Å²) in [6.45, 7) is 12.6. The summed E-state index contributed by atoms with van der Waals surface area (Å²) in [4.78, 5) is 0.917. The van der Waals surface area contributed by atoms with Gasteiger partial charge in [0.2, 0.25) is 0 Å². The van der Waals surface area contributed by atoms with E-state index < -0.39 is 0 Å². The Bertz CT molecular complexity index is 225. The van der Waals surface area contributed by atoms with Crippen LogP contribution in [0.25, 0.3) is 0 Å². The Morgan fingerprint density at radius 2 is 1.38 bits per heavy atom. The highest BCUT2D eigenvalue weighted by molar-refractivity contribution is 7.80. The number of hydrogen-bond donors (Lipinski definition) is 1. The molecular weight excluding hydrogens is 178 g/mol. The van der Waals surface area contributed by atoms with Crippen LogP contribution in [0.1, 0.15) is 41.5 Å². The molecule has 0 aromatic heterocycles. The van der Waals surface area contributed by atoms with Crippen molar-refractivity contribution >= 4 is 17.1 Å². The second-order valence-electron chi connectivity index (χ2n) is 5.46. The quantitative estimate of drug-likeness (QED) is 0.518. The topological polar surface area (TPSA) is 26.0 Å². The SMILES string of the molecule is CC(C)(C)C(=S)C=C(N)C(C)(C)C. The molecule has 2 heteroatoms. The van der Waals surface area contributed by atoms with Gasteiger partial charge in [-0.1, -0.05) is 53.8 Å². The molecule has 0 aliphatic heterocycles. The van der Waals surface area contributed by atoms with Crippen molar-refractivity contribution in [2.24, 2.45) is 16.6 Å². The van der Waals surface area contributed by atoms with E-state index in [1.54, 1.807) is 0 Å². The molecule has 0 saturated carbocycles. The third kappa shape index (κ3) is 4.41. The molecule has 0 aliphatic carbocycles. The minimum atomic E-state index is 0.00924. The van der Waals surface area contributed by atoms with Crippen molar-refractivity contribution in [2.75, 3.05) is 0 Å². The van der Waals surface area contributed by atoms with Crippen molar-refractivity contribution < 1.29 is 0 Å². The van der Waals surface area contributed by atoms with Crippen molar-refractivity contribution in [2.45, 2.75) is 41.5 Å². The molecule has 0 aromatic carbocycles. The zero-order valence-electron chi connectivity index (χ0n) is 9.56. The Hall–Kier alpha value is -0.370. The minimum absolute atomic E-state index is 0.00924. The van der Waals surface area contributed by atoms with Crippen molar-refractivity contribution in [1.29, 1.82) is 0 Å². The molecule has 0 rings (SSSR count). The second kappa shape index (κ2) is 3.79. The lowest BCUT2D eigenvalue weighted by Gasteiger charge is -2.22. The summed E-state index contributed by atoms with van der Waals surface area (Å²) in [6, 6.07) is 0. The molecule has 13 heavy (non-hydrogen) atoms. The van der Waals surface area contributed by atoms with Crippen molar-refractivity contribution in [1.82, 2.24) is 0 Å². The van der Waals surface area contributed by atoms with Gasteiger partial charge in [-0.2, -0.15) is 0 Å². The number of allylic oxidation sites excluding steroid dienone is 2. The zero-order chi connectivity index (χ0) is 10.9. The number of thiocarbonyl (C=S) groups is 1. The van der Waals surface area contributed by atoms with E-state index in [0.717, 1.165) is 10.6 Å². The molecule has 0 atom stereocenters. The molecule has 0 amide bonds. The van der Waals surface area contributed by atoms with E-state index in [9.17, 15) is 0 Å². The summed E-state index contributed by atoms with van der Waals surface area (Å²) >= 11 is 5.28. The van der Waals surface area contributed by atoms with Crippen LogP contribution in [0.15, 0.2) is 11.8 Å². The van der Waals surface area contributed by atoms with Crippen LogP contribution in [-0.4, -0.2) is 4.86 Å². The Labute approximate surface area is 87.4 Å². The fourth-order valence-electron chi connectivity index (χ4n) is 0.574. The van der Waals surface area contributed by atoms with Crippen LogP contribution in [0.4, 0.5) is 0 Å². The first-order valence-corrected chi connectivity index (χ1v) is 4.98. The van der Waals surface area contributed by atoms with Crippen LogP contribution in [0.2, 0.25) is 0 Å². The molecule has 0 bridgehead atoms. The molecule has 1 nitrogen and oxygen atoms in total. The third-order valence-corrected chi connectivity index (χ3v) is 2.62. The fraction of sp³-hybridized carbons (Fsp3) is 0.727. The minimum Gasteiger partial charge on any atom is -0.402 e. The molecule has 0 spiro atoms. The summed E-state index contributed by atoms with van der Waals surface area (Å²) in [7, 11) is 0. The average Bonchev–Trinajstić information content (AvgIpc) is 1.82. The van der Waals surface area contributed by atoms with Gasteiger partial charge in [-0.3, -0.25) is 0 Å². The van der Waals surface area contributed by atoms with E-state index in [1.807, 2.05) is 6.08 Å². The van der Waals surface area contributed by atoms with Crippen LogP contribution in [0.5, 0.6) is 0 Å². The van der Waals surface area contributed by atoms with Gasteiger partial charge in [0.25, 0.3) is 0 Å². The highest BCUT2D eigenvalue weighted by Gasteiger charge is 2.19. The van der Waals surface area contributed by atoms with E-state index >= 15 is 0 Å². The van der Waals surface area contributed by atoms with Crippen molar-refractivity contribution in [3.05, 3.63) is 11.8 Å². The molecule has 2 N–H and O–H groups in total. The lowest BCUT2D eigenvalue weighted by atomic mass is 9.87. The van der Waals surface area contributed by atoms with Crippen LogP contribution < -0.4 is 5.73 Å². The average molecular weight is 199 g/mol. The van der Waals surface area contributed by atoms with Crippen molar-refractivity contribution in [3.63, 3.8) is 0 Å². The number of nitrogens with two attached hydrogens (primary N) is 1. The van der Waals surface area contributed by atoms with Gasteiger partial charge in [0.15, 0.2) is 0 Å². The maximum Gasteiger partial charge on any atom is 0.0223 e. The molecular formula is C11H21NS. The summed E-state index contributed by atoms with van der Waals surface area (Å²) in [6.07, 6.45) is 1.93. The molecule has 0 radical (unpaired) electrons. The number of rotatable bonds is 1. The lowest BCUT2D eigenvalue weighted by molar-refractivity contribution is 0.497. The molecule has 0 saturated heterocycles. The first-order valence-electron chi connectivity index (χ1n) is 4.57. The predicted molar refractivity (Wildman–Crippen MR) is 63.8 cm³/mol. The molecule has 76 valence electrons. The number of hydrogen-bond acceptors (Lipinski definition) is 2. The van der Waals surface area contributed by atoms with Gasteiger partial charge in [-0.05, 0) is 11.5 Å². The highest BCUT2D eigenvalue weighted by atomic mass is 32.1. The van der Waals surface area contributed by atoms with Gasteiger partial charge >= 0.3 is 0 Å². The summed E-state index contributed by atoms with van der Waals surface area (Å²) in [5, 5.41) is 0. The standard InChI is InChI=1S/C11H21NS/c1-10(2,3)8(12)7-9(13)11(4,5)6/h7H,12H2,1-6H3. The molecule has 0 fully saturated rings. The summed E-state index contributed by atoms with van der Waals surface area (Å²) in [5.74, 6) is 0. The zero-order valence-corrected chi connectivity index (χ0v) is 10.4. The lowest BCUT2D eigenvalue weighted by Crippen LogP contribution is -2.22. The second-order valence-corrected chi connectivity index (χ2v) is 5.90. The van der Waals surface area contributed by atoms with Gasteiger partial charge in [-0.15, -0.1) is 0 Å². The molecule has 0 unspecified atom stereocenters. The van der Waals surface area contributed by atoms with Gasteiger partial charge in [0, 0.05) is 16.0 Å². The van der Waals surface area contributed by atoms with Crippen LogP contribution in [0.3, 0.4) is 0 Å². The fourth-order valence-corrected chi connectivity index (χ4v) is 0.701. The smallest absolute Gasteiger partial charge is 0.0223 e. The molecule has 0 aromatic rings. The largest absolute Gasteiger partial charge is 0.402 e. The summed E-state index contributed by atoms with van der Waals surface area (Å²) in [5.41, 5.74) is 6.82. The molecule has 0 heterocycles. The Kier molecular flexibility index (Phi) is 3.68. The maximum atomic E-state index is 5.92. The van der Waals surface area contributed by atoms with Crippen LogP contribution in [0, 0.1) is 10.8 Å². The predicted octanol–water partition coefficient (Wildman–Crippen LogP) is 3.29. The van der Waals surface area contributed by atoms with Crippen LogP contribution >= 0.6 is 12.2 Å². The Morgan fingerprint density at radius 1 is 1.00 bits per heavy atom. The van der Waals surface area contributed by atoms with E-state index in [0.29, 0.717) is 0 Å². The normalized spacial score (nSPS) is 14.5. The first-order chi connectivity index (χ1) is 5.55. The van der Waals surface area contributed by atoms with Crippen molar-refractivity contribution in [3.8, 4) is 0 Å². The van der Waals surface area contributed by atoms with Gasteiger partial charge in [-0.25, -0.2) is 0 Å². The van der Waals surface area contributed by atoms with Gasteiger partial charge < -0.3 is 5.73 Å². The summed E-state index contributed by atoms with van der Waals surface area (Å²) < 4.78 is 0. The maximum absolute atomic E-state index is 5.92. The third-order valence-electron chi connectivity index (χ3n) is 1.89. The van der Waals surface area contributed by atoms with Gasteiger partial charge in [0.1, 0.15) is 0 Å². The van der Waals surface area contributed by atoms with E-state index in [-0.39, 0.29) is 10.8 Å². The Morgan fingerprint density at radius 3 is 1.62 bits per heavy atom. The highest BCUT2D eigenvalue weighted by Crippen LogP contribution is 2.24. The monoisotopic (exact) mass is 199 g/mol. The van der Waals surface area contributed by atoms with Crippen LogP contribution in [-0.2, 0) is 0 Å². The molecule has 0 aliphatic rings. The van der Waals surface area contributed by atoms with E-state index in [4.69, 9.17) is 18.0 Å². The Balaban J connectivity index is 4.70.